The highest BCUT2D eigenvalue weighted by Crippen LogP contribution is 2.22. The predicted octanol–water partition coefficient (Wildman–Crippen LogP) is 4.53. The topological polar surface area (TPSA) is 83.5 Å². The van der Waals surface area contributed by atoms with E-state index in [0.29, 0.717) is 15.7 Å². The molecular weight excluding hydrogens is 432 g/mol. The lowest BCUT2D eigenvalue weighted by Gasteiger charge is -2.10. The highest BCUT2D eigenvalue weighted by molar-refractivity contribution is 9.10. The summed E-state index contributed by atoms with van der Waals surface area (Å²) in [6.45, 7) is 0. The molecule has 7 heteroatoms. The fourth-order valence-corrected chi connectivity index (χ4v) is 2.78. The second kappa shape index (κ2) is 10.1. The van der Waals surface area contributed by atoms with Crippen molar-refractivity contribution in [1.29, 1.82) is 0 Å². The van der Waals surface area contributed by atoms with Gasteiger partial charge >= 0.3 is 0 Å². The number of carbonyl (C=O) groups is 2. The van der Waals surface area contributed by atoms with Crippen molar-refractivity contribution >= 4 is 45.7 Å². The maximum Gasteiger partial charge on any atom is 0.273 e. The van der Waals surface area contributed by atoms with Crippen molar-refractivity contribution in [2.45, 2.75) is 0 Å². The van der Waals surface area contributed by atoms with E-state index in [1.165, 1.54) is 12.4 Å². The van der Waals surface area contributed by atoms with Gasteiger partial charge in [0, 0.05) is 23.1 Å². The van der Waals surface area contributed by atoms with E-state index in [4.69, 9.17) is 0 Å². The molecule has 0 aliphatic carbocycles. The number of halogens is 1. The monoisotopic (exact) mass is 448 g/mol. The van der Waals surface area contributed by atoms with E-state index in [1.54, 1.807) is 42.6 Å². The number of pyridine rings is 1. The van der Waals surface area contributed by atoms with Gasteiger partial charge in [0.15, 0.2) is 0 Å². The maximum absolute atomic E-state index is 12.5. The molecule has 3 rings (SSSR count). The number of amides is 2. The molecule has 29 heavy (non-hydrogen) atoms. The van der Waals surface area contributed by atoms with Crippen molar-refractivity contribution < 1.29 is 9.59 Å². The molecular formula is C22H17BrN4O2. The van der Waals surface area contributed by atoms with Crippen molar-refractivity contribution in [3.63, 3.8) is 0 Å². The third-order valence-corrected chi connectivity index (χ3v) is 4.31. The number of hydrogen-bond donors (Lipinski definition) is 2. The first-order valence-electron chi connectivity index (χ1n) is 8.69. The minimum absolute atomic E-state index is 0.279. The Bertz CT molecular complexity index is 1050. The molecule has 2 aromatic carbocycles. The smallest absolute Gasteiger partial charge is 0.273 e. The first-order valence-corrected chi connectivity index (χ1v) is 9.49. The zero-order valence-electron chi connectivity index (χ0n) is 15.2. The van der Waals surface area contributed by atoms with Crippen molar-refractivity contribution in [3.8, 4) is 0 Å². The lowest BCUT2D eigenvalue weighted by Crippen LogP contribution is -2.21. The van der Waals surface area contributed by atoms with E-state index < -0.39 is 5.91 Å². The zero-order valence-corrected chi connectivity index (χ0v) is 16.8. The van der Waals surface area contributed by atoms with E-state index in [-0.39, 0.29) is 11.5 Å². The minimum Gasteiger partial charge on any atom is -0.321 e. The average molecular weight is 449 g/mol. The Kier molecular flexibility index (Phi) is 7.02. The second-order valence-corrected chi connectivity index (χ2v) is 6.79. The second-order valence-electron chi connectivity index (χ2n) is 5.87. The fourth-order valence-electron chi connectivity index (χ4n) is 2.42. The Balaban J connectivity index is 1.68. The van der Waals surface area contributed by atoms with Crippen molar-refractivity contribution in [2.75, 3.05) is 5.32 Å². The van der Waals surface area contributed by atoms with Gasteiger partial charge < -0.3 is 5.32 Å². The summed E-state index contributed by atoms with van der Waals surface area (Å²) >= 11 is 3.34. The lowest BCUT2D eigenvalue weighted by molar-refractivity contribution is 0.0956. The van der Waals surface area contributed by atoms with E-state index in [2.05, 4.69) is 36.8 Å². The molecule has 0 aliphatic heterocycles. The van der Waals surface area contributed by atoms with Gasteiger partial charge in [0.2, 0.25) is 0 Å². The van der Waals surface area contributed by atoms with Crippen molar-refractivity contribution in [3.05, 3.63) is 100 Å². The van der Waals surface area contributed by atoms with Crippen LogP contribution in [0.25, 0.3) is 6.08 Å². The standard InChI is InChI=1S/C22H17BrN4O2/c23-18-10-11-20(26-21(28)17-9-5-12-24-15-17)19(14-18)22(29)27-25-13-4-8-16-6-2-1-3-7-16/h1-15H,(H,26,28)(H,27,29). The first-order chi connectivity index (χ1) is 14.1. The molecule has 0 radical (unpaired) electrons. The number of nitrogens with zero attached hydrogens (tertiary/aromatic N) is 2. The van der Waals surface area contributed by atoms with E-state index in [1.807, 2.05) is 36.4 Å². The molecule has 1 aromatic heterocycles. The Hall–Kier alpha value is -3.58. The predicted molar refractivity (Wildman–Crippen MR) is 118 cm³/mol. The van der Waals surface area contributed by atoms with Crippen LogP contribution in [0.3, 0.4) is 0 Å². The van der Waals surface area contributed by atoms with Gasteiger partial charge in [-0.25, -0.2) is 5.43 Å². The fraction of sp³-hybridized carbons (Fsp3) is 0. The molecule has 6 nitrogen and oxygen atoms in total. The summed E-state index contributed by atoms with van der Waals surface area (Å²) in [4.78, 5) is 28.8. The van der Waals surface area contributed by atoms with Gasteiger partial charge in [-0.15, -0.1) is 0 Å². The van der Waals surface area contributed by atoms with Crippen molar-refractivity contribution in [1.82, 2.24) is 10.4 Å². The zero-order chi connectivity index (χ0) is 20.5. The summed E-state index contributed by atoms with van der Waals surface area (Å²) in [6, 6.07) is 18.0. The summed E-state index contributed by atoms with van der Waals surface area (Å²) in [5.74, 6) is -0.805. The van der Waals surface area contributed by atoms with Gasteiger partial charge in [-0.1, -0.05) is 52.3 Å². The van der Waals surface area contributed by atoms with E-state index in [9.17, 15) is 9.59 Å². The van der Waals surface area contributed by atoms with E-state index in [0.717, 1.165) is 5.56 Å². The van der Waals surface area contributed by atoms with Crippen LogP contribution in [0.2, 0.25) is 0 Å². The first kappa shape index (κ1) is 20.2. The van der Waals surface area contributed by atoms with Gasteiger partial charge in [0.1, 0.15) is 0 Å². The van der Waals surface area contributed by atoms with Crippen LogP contribution in [0.5, 0.6) is 0 Å². The molecule has 0 saturated heterocycles. The summed E-state index contributed by atoms with van der Waals surface area (Å²) in [7, 11) is 0. The number of anilines is 1. The number of benzene rings is 2. The van der Waals surface area contributed by atoms with Gasteiger partial charge in [0.25, 0.3) is 11.8 Å². The van der Waals surface area contributed by atoms with Crippen LogP contribution in [0.1, 0.15) is 26.3 Å². The van der Waals surface area contributed by atoms with E-state index >= 15 is 0 Å². The molecule has 1 heterocycles. The highest BCUT2D eigenvalue weighted by atomic mass is 79.9. The Morgan fingerprint density at radius 1 is 1.00 bits per heavy atom. The molecule has 0 spiro atoms. The van der Waals surface area contributed by atoms with Crippen LogP contribution in [0, 0.1) is 0 Å². The number of allylic oxidation sites excluding steroid dienone is 1. The van der Waals surface area contributed by atoms with Gasteiger partial charge in [0.05, 0.1) is 16.8 Å². The number of carbonyl (C=O) groups excluding carboxylic acids is 2. The quantitative estimate of drug-likeness (QED) is 0.429. The minimum atomic E-state index is -0.447. The highest BCUT2D eigenvalue weighted by Gasteiger charge is 2.15. The van der Waals surface area contributed by atoms with Gasteiger partial charge in [-0.05, 0) is 42.0 Å². The van der Waals surface area contributed by atoms with Crippen LogP contribution in [-0.2, 0) is 0 Å². The number of aromatic nitrogens is 1. The Labute approximate surface area is 176 Å². The van der Waals surface area contributed by atoms with Crippen LogP contribution in [0.15, 0.2) is 88.7 Å². The number of nitrogens with one attached hydrogen (secondary N) is 2. The largest absolute Gasteiger partial charge is 0.321 e. The summed E-state index contributed by atoms with van der Waals surface area (Å²) in [5, 5.41) is 6.65. The number of hydrazone groups is 1. The molecule has 0 bridgehead atoms. The Morgan fingerprint density at radius 2 is 1.83 bits per heavy atom. The molecule has 0 fully saturated rings. The summed E-state index contributed by atoms with van der Waals surface area (Å²) < 4.78 is 0.704. The van der Waals surface area contributed by atoms with Crippen molar-refractivity contribution in [2.24, 2.45) is 5.10 Å². The number of rotatable bonds is 6. The molecule has 0 unspecified atom stereocenters. The summed E-state index contributed by atoms with van der Waals surface area (Å²) in [5.41, 5.74) is 4.53. The molecule has 3 aromatic rings. The SMILES string of the molecule is O=C(Nc1ccc(Br)cc1C(=O)NN=CC=Cc1ccccc1)c1cccnc1. The third kappa shape index (κ3) is 5.95. The third-order valence-electron chi connectivity index (χ3n) is 3.81. The molecule has 2 N–H and O–H groups in total. The van der Waals surface area contributed by atoms with Gasteiger partial charge in [-0.2, -0.15) is 5.10 Å². The average Bonchev–Trinajstić information content (AvgIpc) is 2.76. The lowest BCUT2D eigenvalue weighted by atomic mass is 10.1. The van der Waals surface area contributed by atoms with Crippen LogP contribution in [0.4, 0.5) is 5.69 Å². The van der Waals surface area contributed by atoms with Crippen LogP contribution < -0.4 is 10.7 Å². The molecule has 144 valence electrons. The summed E-state index contributed by atoms with van der Waals surface area (Å²) in [6.07, 6.45) is 8.11. The van der Waals surface area contributed by atoms with Crippen LogP contribution >= 0.6 is 15.9 Å². The molecule has 2 amide bonds. The molecule has 0 atom stereocenters. The Morgan fingerprint density at radius 3 is 2.59 bits per heavy atom. The number of hydrogen-bond acceptors (Lipinski definition) is 4. The maximum atomic E-state index is 12.5. The molecule has 0 saturated carbocycles. The normalized spacial score (nSPS) is 10.9. The molecule has 0 aliphatic rings. The van der Waals surface area contributed by atoms with Crippen LogP contribution in [-0.4, -0.2) is 23.0 Å². The van der Waals surface area contributed by atoms with Gasteiger partial charge in [-0.3, -0.25) is 14.6 Å².